The molecule has 4 aromatic rings. The molecule has 0 radical (unpaired) electrons. The number of esters is 2. The summed E-state index contributed by atoms with van der Waals surface area (Å²) in [6.07, 6.45) is 2.57. The molecule has 8 heteroatoms. The van der Waals surface area contributed by atoms with Crippen LogP contribution in [-0.2, 0) is 25.7 Å². The van der Waals surface area contributed by atoms with E-state index in [0.717, 1.165) is 40.3 Å². The normalized spacial score (nSPS) is 12.6. The van der Waals surface area contributed by atoms with E-state index in [1.54, 1.807) is 13.8 Å². The van der Waals surface area contributed by atoms with Gasteiger partial charge < -0.3 is 25.2 Å². The third kappa shape index (κ3) is 6.82. The smallest absolute Gasteiger partial charge is 0.328 e. The van der Waals surface area contributed by atoms with Gasteiger partial charge in [-0.3, -0.25) is 4.79 Å². The van der Waals surface area contributed by atoms with Crippen LogP contribution < -0.4 is 10.6 Å². The Bertz CT molecular complexity index is 1480. The number of nitrogens with one attached hydrogen (secondary N) is 2. The lowest BCUT2D eigenvalue weighted by Gasteiger charge is -2.27. The largest absolute Gasteiger partial charge is 0.466 e. The molecule has 3 aromatic carbocycles. The molecule has 222 valence electrons. The van der Waals surface area contributed by atoms with Crippen molar-refractivity contribution in [3.63, 3.8) is 0 Å². The van der Waals surface area contributed by atoms with Crippen molar-refractivity contribution in [1.29, 1.82) is 0 Å². The summed E-state index contributed by atoms with van der Waals surface area (Å²) >= 11 is 0. The molecule has 2 unspecified atom stereocenters. The van der Waals surface area contributed by atoms with Crippen molar-refractivity contribution in [2.75, 3.05) is 23.8 Å². The van der Waals surface area contributed by atoms with Gasteiger partial charge in [0.15, 0.2) is 0 Å². The summed E-state index contributed by atoms with van der Waals surface area (Å²) < 4.78 is 10.9. The molecule has 0 bridgehead atoms. The van der Waals surface area contributed by atoms with Crippen molar-refractivity contribution >= 4 is 50.8 Å². The molecule has 0 saturated carbocycles. The quantitative estimate of drug-likeness (QED) is 0.108. The fraction of sp³-hybridized carbons (Fsp3) is 0.382. The van der Waals surface area contributed by atoms with Crippen LogP contribution in [0.1, 0.15) is 70.4 Å². The zero-order valence-electron chi connectivity index (χ0n) is 24.9. The zero-order chi connectivity index (χ0) is 30.1. The van der Waals surface area contributed by atoms with Crippen molar-refractivity contribution in [1.82, 2.24) is 4.98 Å². The Balaban J connectivity index is 1.98. The van der Waals surface area contributed by atoms with E-state index < -0.39 is 12.0 Å². The molecule has 42 heavy (non-hydrogen) atoms. The first kappa shape index (κ1) is 30.8. The summed E-state index contributed by atoms with van der Waals surface area (Å²) in [5.41, 5.74) is 5.05. The first-order valence-corrected chi connectivity index (χ1v) is 14.9. The average molecular weight is 572 g/mol. The number of para-hydroxylation sites is 2. The van der Waals surface area contributed by atoms with Gasteiger partial charge in [0.05, 0.1) is 42.5 Å². The van der Waals surface area contributed by atoms with Gasteiger partial charge >= 0.3 is 11.9 Å². The first-order chi connectivity index (χ1) is 20.4. The summed E-state index contributed by atoms with van der Waals surface area (Å²) in [5, 5.41) is 19.2. The molecule has 8 nitrogen and oxygen atoms in total. The van der Waals surface area contributed by atoms with Gasteiger partial charge in [-0.05, 0) is 56.5 Å². The number of ether oxygens (including phenoxy) is 2. The van der Waals surface area contributed by atoms with Crippen molar-refractivity contribution in [2.24, 2.45) is 0 Å². The Morgan fingerprint density at radius 2 is 1.38 bits per heavy atom. The summed E-state index contributed by atoms with van der Waals surface area (Å²) in [4.78, 5) is 31.3. The fourth-order valence-corrected chi connectivity index (χ4v) is 5.39. The monoisotopic (exact) mass is 571 g/mol. The number of carbonyl (C=O) groups excluding carboxylic acids is 2. The van der Waals surface area contributed by atoms with E-state index >= 15 is 0 Å². The first-order valence-electron chi connectivity index (χ1n) is 14.9. The highest BCUT2D eigenvalue weighted by Gasteiger charge is 2.30. The number of carbonyl (C=O) groups is 2. The van der Waals surface area contributed by atoms with Crippen LogP contribution in [0.5, 0.6) is 0 Å². The molecule has 0 fully saturated rings. The molecule has 0 amide bonds. The summed E-state index contributed by atoms with van der Waals surface area (Å²) in [7, 11) is 0. The van der Waals surface area contributed by atoms with Crippen LogP contribution in [0.3, 0.4) is 0 Å². The van der Waals surface area contributed by atoms with E-state index in [1.807, 2.05) is 74.5 Å². The molecule has 1 heterocycles. The molecule has 0 saturated heterocycles. The summed E-state index contributed by atoms with van der Waals surface area (Å²) in [5.74, 6) is -1.31. The minimum Gasteiger partial charge on any atom is -0.466 e. The molecule has 3 N–H and O–H groups in total. The number of nitrogens with zero attached hydrogens (tertiary/aromatic N) is 1. The highest BCUT2D eigenvalue weighted by atomic mass is 16.5. The van der Waals surface area contributed by atoms with Crippen LogP contribution in [0.4, 0.5) is 17.1 Å². The fourth-order valence-electron chi connectivity index (χ4n) is 5.39. The van der Waals surface area contributed by atoms with Crippen LogP contribution in [0.2, 0.25) is 0 Å². The lowest BCUT2D eigenvalue weighted by Crippen LogP contribution is -2.32. The van der Waals surface area contributed by atoms with Gasteiger partial charge in [-0.1, -0.05) is 63.1 Å². The standard InChI is InChI=1S/C34H41N3O5/c1-5-13-25(33(39)41-7-3)31-29(36-28(14-6-2)34(40)42-8-4)19-22(21-38)20-30(31)37-32-23-15-9-11-17-26(23)35-27-18-12-10-16-24(27)32/h9-12,15-20,25,28,36,38H,5-8,13-14,21H2,1-4H3,(H,35,37). The Morgan fingerprint density at radius 1 is 0.810 bits per heavy atom. The second-order valence-corrected chi connectivity index (χ2v) is 10.2. The second kappa shape index (κ2) is 14.6. The van der Waals surface area contributed by atoms with Gasteiger partial charge in [-0.25, -0.2) is 9.78 Å². The van der Waals surface area contributed by atoms with Crippen LogP contribution >= 0.6 is 0 Å². The number of anilines is 3. The predicted molar refractivity (Wildman–Crippen MR) is 168 cm³/mol. The maximum atomic E-state index is 13.5. The second-order valence-electron chi connectivity index (χ2n) is 10.2. The van der Waals surface area contributed by atoms with Crippen molar-refractivity contribution < 1.29 is 24.2 Å². The predicted octanol–water partition coefficient (Wildman–Crippen LogP) is 7.21. The van der Waals surface area contributed by atoms with E-state index in [9.17, 15) is 14.7 Å². The van der Waals surface area contributed by atoms with E-state index in [2.05, 4.69) is 10.6 Å². The van der Waals surface area contributed by atoms with Gasteiger partial charge in [0.1, 0.15) is 6.04 Å². The average Bonchev–Trinajstić information content (AvgIpc) is 3.00. The molecular formula is C34H41N3O5. The lowest BCUT2D eigenvalue weighted by atomic mass is 9.89. The van der Waals surface area contributed by atoms with Gasteiger partial charge in [-0.15, -0.1) is 0 Å². The Kier molecular flexibility index (Phi) is 10.7. The topological polar surface area (TPSA) is 110 Å². The van der Waals surface area contributed by atoms with E-state index in [0.29, 0.717) is 35.3 Å². The summed E-state index contributed by atoms with van der Waals surface area (Å²) in [6.45, 7) is 7.89. The number of pyridine rings is 1. The number of hydrogen-bond acceptors (Lipinski definition) is 8. The molecule has 1 aromatic heterocycles. The van der Waals surface area contributed by atoms with Crippen molar-refractivity contribution in [2.45, 2.75) is 71.9 Å². The molecule has 0 aliphatic heterocycles. The van der Waals surface area contributed by atoms with Gasteiger partial charge in [0, 0.05) is 27.7 Å². The van der Waals surface area contributed by atoms with E-state index in [1.165, 1.54) is 0 Å². The summed E-state index contributed by atoms with van der Waals surface area (Å²) in [6, 6.07) is 18.9. The number of aliphatic hydroxyl groups is 1. The minimum absolute atomic E-state index is 0.225. The number of hydrogen-bond donors (Lipinski definition) is 3. The maximum Gasteiger partial charge on any atom is 0.328 e. The van der Waals surface area contributed by atoms with Crippen molar-refractivity contribution in [3.8, 4) is 0 Å². The third-order valence-corrected chi connectivity index (χ3v) is 7.24. The number of rotatable bonds is 14. The third-order valence-electron chi connectivity index (χ3n) is 7.24. The van der Waals surface area contributed by atoms with Crippen LogP contribution in [0.15, 0.2) is 60.7 Å². The highest BCUT2D eigenvalue weighted by molar-refractivity contribution is 6.09. The number of aromatic nitrogens is 1. The van der Waals surface area contributed by atoms with Crippen LogP contribution in [-0.4, -0.2) is 41.3 Å². The number of aliphatic hydroxyl groups excluding tert-OH is 1. The van der Waals surface area contributed by atoms with Gasteiger partial charge in [0.25, 0.3) is 0 Å². The Hall–Kier alpha value is -4.17. The van der Waals surface area contributed by atoms with Crippen LogP contribution in [0.25, 0.3) is 21.8 Å². The van der Waals surface area contributed by atoms with E-state index in [4.69, 9.17) is 14.5 Å². The number of fused-ring (bicyclic) bond motifs is 2. The van der Waals surface area contributed by atoms with Gasteiger partial charge in [-0.2, -0.15) is 0 Å². The Morgan fingerprint density at radius 3 is 1.95 bits per heavy atom. The van der Waals surface area contributed by atoms with E-state index in [-0.39, 0.29) is 31.8 Å². The minimum atomic E-state index is -0.623. The molecule has 0 aliphatic carbocycles. The van der Waals surface area contributed by atoms with Crippen molar-refractivity contribution in [3.05, 3.63) is 71.8 Å². The zero-order valence-corrected chi connectivity index (χ0v) is 24.9. The SMILES string of the molecule is CCCC(Nc1cc(CO)cc(Nc2c3ccccc3nc3ccccc23)c1C(CCC)C(=O)OCC)C(=O)OCC. The lowest BCUT2D eigenvalue weighted by molar-refractivity contribution is -0.145. The maximum absolute atomic E-state index is 13.5. The van der Waals surface area contributed by atoms with Crippen LogP contribution in [0, 0.1) is 0 Å². The number of benzene rings is 3. The van der Waals surface area contributed by atoms with Gasteiger partial charge in [0.2, 0.25) is 0 Å². The molecule has 2 atom stereocenters. The Labute approximate surface area is 247 Å². The molecule has 0 spiro atoms. The molecule has 0 aliphatic rings. The molecular weight excluding hydrogens is 530 g/mol. The highest BCUT2D eigenvalue weighted by Crippen LogP contribution is 2.41. The molecule has 4 rings (SSSR count).